The van der Waals surface area contributed by atoms with Crippen molar-refractivity contribution < 1.29 is 0 Å². The van der Waals surface area contributed by atoms with Crippen LogP contribution in [0, 0.1) is 11.3 Å². The highest BCUT2D eigenvalue weighted by atomic mass is 79.9. The Morgan fingerprint density at radius 2 is 2.24 bits per heavy atom. The molecule has 21 heavy (non-hydrogen) atoms. The number of nitriles is 1. The van der Waals surface area contributed by atoms with Crippen molar-refractivity contribution in [1.29, 1.82) is 5.26 Å². The van der Waals surface area contributed by atoms with Crippen LogP contribution in [0.1, 0.15) is 11.1 Å². The Bertz CT molecular complexity index is 936. The van der Waals surface area contributed by atoms with Gasteiger partial charge in [0, 0.05) is 11.5 Å². The summed E-state index contributed by atoms with van der Waals surface area (Å²) in [6.07, 6.45) is 1.48. The van der Waals surface area contributed by atoms with E-state index < -0.39 is 0 Å². The van der Waals surface area contributed by atoms with Crippen LogP contribution in [0.15, 0.2) is 33.7 Å². The Labute approximate surface area is 127 Å². The number of hydrogen-bond acceptors (Lipinski definition) is 5. The zero-order valence-electron chi connectivity index (χ0n) is 11.0. The van der Waals surface area contributed by atoms with Crippen molar-refractivity contribution in [3.63, 3.8) is 0 Å². The van der Waals surface area contributed by atoms with E-state index in [0.29, 0.717) is 16.6 Å². The van der Waals surface area contributed by atoms with Crippen molar-refractivity contribution in [2.45, 2.75) is 6.54 Å². The van der Waals surface area contributed by atoms with Crippen LogP contribution in [0.5, 0.6) is 0 Å². The molecule has 1 aromatic carbocycles. The third-order valence-corrected chi connectivity index (χ3v) is 3.86. The van der Waals surface area contributed by atoms with Gasteiger partial charge in [-0.25, -0.2) is 9.36 Å². The Hall–Kier alpha value is -2.53. The molecular weight excluding hydrogens is 336 g/mol. The maximum atomic E-state index is 12.3. The molecular formula is C13H9BrN6O. The minimum absolute atomic E-state index is 0.246. The molecule has 3 rings (SSSR count). The maximum absolute atomic E-state index is 12.3. The minimum Gasteiger partial charge on any atom is -0.267 e. The molecule has 3 aromatic rings. The Balaban J connectivity index is 2.05. The molecule has 0 saturated carbocycles. The molecule has 104 valence electrons. The van der Waals surface area contributed by atoms with Gasteiger partial charge in [-0.05, 0) is 17.7 Å². The number of benzene rings is 1. The van der Waals surface area contributed by atoms with E-state index in [1.165, 1.54) is 15.6 Å². The van der Waals surface area contributed by atoms with Gasteiger partial charge in [0.1, 0.15) is 5.39 Å². The van der Waals surface area contributed by atoms with Crippen LogP contribution in [0.2, 0.25) is 0 Å². The first kappa shape index (κ1) is 13.5. The van der Waals surface area contributed by atoms with Crippen molar-refractivity contribution in [1.82, 2.24) is 24.8 Å². The van der Waals surface area contributed by atoms with Crippen LogP contribution in [0.4, 0.5) is 0 Å². The summed E-state index contributed by atoms with van der Waals surface area (Å²) >= 11 is 3.39. The molecule has 8 heteroatoms. The topological polar surface area (TPSA) is 89.4 Å². The van der Waals surface area contributed by atoms with E-state index in [1.807, 2.05) is 0 Å². The number of nitrogens with zero attached hydrogens (tertiary/aromatic N) is 6. The summed E-state index contributed by atoms with van der Waals surface area (Å²) in [4.78, 5) is 12.3. The van der Waals surface area contributed by atoms with E-state index in [9.17, 15) is 4.79 Å². The summed E-state index contributed by atoms with van der Waals surface area (Å²) in [6.45, 7) is 0.267. The Kier molecular flexibility index (Phi) is 3.27. The molecule has 0 fully saturated rings. The highest BCUT2D eigenvalue weighted by Crippen LogP contribution is 2.19. The molecule has 2 aromatic heterocycles. The fraction of sp³-hybridized carbons (Fsp3) is 0.154. The van der Waals surface area contributed by atoms with E-state index in [2.05, 4.69) is 37.4 Å². The summed E-state index contributed by atoms with van der Waals surface area (Å²) in [6, 6.07) is 7.24. The standard InChI is InChI=1S/C13H9BrN6O/c1-19-12-10(6-16-19)13(21)20(18-17-12)7-9-3-2-8(5-15)4-11(9)14/h2-4,6H,7H2,1H3. The SMILES string of the molecule is Cn1ncc2c(=O)n(Cc3ccc(C#N)cc3Br)nnc21. The smallest absolute Gasteiger partial charge is 0.267 e. The predicted molar refractivity (Wildman–Crippen MR) is 78.5 cm³/mol. The molecule has 0 aliphatic carbocycles. The van der Waals surface area contributed by atoms with Gasteiger partial charge in [0.25, 0.3) is 5.56 Å². The van der Waals surface area contributed by atoms with Gasteiger partial charge in [-0.2, -0.15) is 10.4 Å². The molecule has 7 nitrogen and oxygen atoms in total. The second-order valence-corrected chi connectivity index (χ2v) is 5.33. The van der Waals surface area contributed by atoms with Crippen LogP contribution in [0.3, 0.4) is 0 Å². The molecule has 0 unspecified atom stereocenters. The van der Waals surface area contributed by atoms with Gasteiger partial charge in [-0.1, -0.05) is 27.2 Å². The van der Waals surface area contributed by atoms with Gasteiger partial charge >= 0.3 is 0 Å². The highest BCUT2D eigenvalue weighted by Gasteiger charge is 2.11. The average molecular weight is 345 g/mol. The Morgan fingerprint density at radius 1 is 1.43 bits per heavy atom. The predicted octanol–water partition coefficient (Wildman–Crippen LogP) is 1.21. The summed E-state index contributed by atoms with van der Waals surface area (Å²) in [7, 11) is 1.71. The minimum atomic E-state index is -0.246. The second kappa shape index (κ2) is 5.10. The van der Waals surface area contributed by atoms with Crippen LogP contribution in [-0.2, 0) is 13.6 Å². The average Bonchev–Trinajstić information content (AvgIpc) is 2.86. The fourth-order valence-corrected chi connectivity index (χ4v) is 2.49. The lowest BCUT2D eigenvalue weighted by Crippen LogP contribution is -2.24. The lowest BCUT2D eigenvalue weighted by molar-refractivity contribution is 0.594. The van der Waals surface area contributed by atoms with E-state index in [4.69, 9.17) is 5.26 Å². The van der Waals surface area contributed by atoms with Crippen LogP contribution in [0.25, 0.3) is 11.0 Å². The number of fused-ring (bicyclic) bond motifs is 1. The first-order chi connectivity index (χ1) is 10.1. The molecule has 0 saturated heterocycles. The molecule has 0 spiro atoms. The van der Waals surface area contributed by atoms with Crippen molar-refractivity contribution in [2.75, 3.05) is 0 Å². The van der Waals surface area contributed by atoms with Gasteiger partial charge in [0.2, 0.25) is 0 Å². The number of halogens is 1. The number of hydrogen-bond donors (Lipinski definition) is 0. The zero-order chi connectivity index (χ0) is 15.0. The quantitative estimate of drug-likeness (QED) is 0.696. The monoisotopic (exact) mass is 344 g/mol. The van der Waals surface area contributed by atoms with Crippen molar-refractivity contribution in [2.24, 2.45) is 7.05 Å². The highest BCUT2D eigenvalue weighted by molar-refractivity contribution is 9.10. The number of rotatable bonds is 2. The molecule has 0 aliphatic heterocycles. The largest absolute Gasteiger partial charge is 0.281 e. The molecule has 0 N–H and O–H groups in total. The molecule has 0 aliphatic rings. The van der Waals surface area contributed by atoms with Gasteiger partial charge in [0.15, 0.2) is 5.65 Å². The second-order valence-electron chi connectivity index (χ2n) is 4.48. The van der Waals surface area contributed by atoms with Gasteiger partial charge in [-0.3, -0.25) is 4.79 Å². The van der Waals surface area contributed by atoms with Crippen molar-refractivity contribution in [3.8, 4) is 6.07 Å². The molecule has 2 heterocycles. The van der Waals surface area contributed by atoms with Crippen LogP contribution >= 0.6 is 15.9 Å². The van der Waals surface area contributed by atoms with Gasteiger partial charge in [0.05, 0.1) is 24.4 Å². The van der Waals surface area contributed by atoms with Gasteiger partial charge in [-0.15, -0.1) is 5.10 Å². The maximum Gasteiger partial charge on any atom is 0.281 e. The Morgan fingerprint density at radius 3 is 2.95 bits per heavy atom. The first-order valence-corrected chi connectivity index (χ1v) is 6.83. The summed E-state index contributed by atoms with van der Waals surface area (Å²) in [5.41, 5.74) is 1.60. The molecule has 0 amide bonds. The van der Waals surface area contributed by atoms with E-state index in [1.54, 1.807) is 25.2 Å². The number of aryl methyl sites for hydroxylation is 1. The molecule has 0 atom stereocenters. The lowest BCUT2D eigenvalue weighted by Gasteiger charge is -2.06. The summed E-state index contributed by atoms with van der Waals surface area (Å²) < 4.78 is 3.53. The van der Waals surface area contributed by atoms with Crippen LogP contribution < -0.4 is 5.56 Å². The van der Waals surface area contributed by atoms with E-state index >= 15 is 0 Å². The first-order valence-electron chi connectivity index (χ1n) is 6.04. The summed E-state index contributed by atoms with van der Waals surface area (Å²) in [5, 5.41) is 21.2. The van der Waals surface area contributed by atoms with E-state index in [-0.39, 0.29) is 12.1 Å². The number of aromatic nitrogens is 5. The fourth-order valence-electron chi connectivity index (χ4n) is 1.99. The van der Waals surface area contributed by atoms with Crippen molar-refractivity contribution >= 4 is 27.0 Å². The van der Waals surface area contributed by atoms with Crippen LogP contribution in [-0.4, -0.2) is 24.8 Å². The molecule has 0 bridgehead atoms. The third kappa shape index (κ3) is 2.32. The third-order valence-electron chi connectivity index (χ3n) is 3.12. The van der Waals surface area contributed by atoms with Gasteiger partial charge < -0.3 is 0 Å². The summed E-state index contributed by atoms with van der Waals surface area (Å²) in [5.74, 6) is 0. The van der Waals surface area contributed by atoms with E-state index in [0.717, 1.165) is 10.0 Å². The molecule has 0 radical (unpaired) electrons. The lowest BCUT2D eigenvalue weighted by atomic mass is 10.1. The van der Waals surface area contributed by atoms with Crippen molar-refractivity contribution in [3.05, 3.63) is 50.3 Å². The normalized spacial score (nSPS) is 10.7. The zero-order valence-corrected chi connectivity index (χ0v) is 12.6.